The standard InChI is InChI=1S/C25H17Cl2N3O3/c26-17-7-5-15(6-8-17)22-21-23(29-28-22)25(31)30(24(21)16-2-1-3-18(27)11-16)12-14-4-9-19-20(10-14)33-13-32-19/h1-11,24H,12-13H2,(H,28,29). The highest BCUT2D eigenvalue weighted by atomic mass is 35.5. The number of halogens is 2. The van der Waals surface area contributed by atoms with Crippen LogP contribution in [-0.2, 0) is 6.54 Å². The van der Waals surface area contributed by atoms with Gasteiger partial charge in [-0.3, -0.25) is 9.89 Å². The SMILES string of the molecule is O=C1c2[nH]nc(-c3ccc(Cl)cc3)c2C(c2cccc(Cl)c2)N1Cc1ccc2c(c1)OCO2. The summed E-state index contributed by atoms with van der Waals surface area (Å²) in [5.74, 6) is 1.26. The number of amides is 1. The van der Waals surface area contributed by atoms with Gasteiger partial charge in [-0.15, -0.1) is 0 Å². The van der Waals surface area contributed by atoms with E-state index in [0.29, 0.717) is 39.5 Å². The van der Waals surface area contributed by atoms with Crippen molar-refractivity contribution in [3.05, 3.63) is 99.2 Å². The Labute approximate surface area is 199 Å². The van der Waals surface area contributed by atoms with E-state index in [2.05, 4.69) is 10.2 Å². The molecule has 2 aliphatic heterocycles. The van der Waals surface area contributed by atoms with Gasteiger partial charge in [-0.05, 0) is 47.5 Å². The Kier molecular flexibility index (Phi) is 4.78. The van der Waals surface area contributed by atoms with Crippen molar-refractivity contribution in [3.63, 3.8) is 0 Å². The van der Waals surface area contributed by atoms with Crippen LogP contribution in [-0.4, -0.2) is 27.8 Å². The van der Waals surface area contributed by atoms with Gasteiger partial charge >= 0.3 is 0 Å². The minimum Gasteiger partial charge on any atom is -0.454 e. The van der Waals surface area contributed by atoms with E-state index in [1.165, 1.54) is 0 Å². The Morgan fingerprint density at radius 2 is 1.79 bits per heavy atom. The van der Waals surface area contributed by atoms with Gasteiger partial charge in [0.25, 0.3) is 5.91 Å². The number of nitrogens with one attached hydrogen (secondary N) is 1. The topological polar surface area (TPSA) is 67.5 Å². The first-order chi connectivity index (χ1) is 16.1. The largest absolute Gasteiger partial charge is 0.454 e. The molecule has 1 unspecified atom stereocenters. The van der Waals surface area contributed by atoms with Crippen molar-refractivity contribution in [3.8, 4) is 22.8 Å². The Hall–Kier alpha value is -3.48. The van der Waals surface area contributed by atoms with Gasteiger partial charge < -0.3 is 14.4 Å². The first kappa shape index (κ1) is 20.1. The van der Waals surface area contributed by atoms with Crippen LogP contribution in [0.15, 0.2) is 66.7 Å². The van der Waals surface area contributed by atoms with E-state index in [1.54, 1.807) is 0 Å². The second-order valence-electron chi connectivity index (χ2n) is 7.95. The lowest BCUT2D eigenvalue weighted by Crippen LogP contribution is -2.29. The number of ether oxygens (including phenoxy) is 2. The summed E-state index contributed by atoms with van der Waals surface area (Å²) < 4.78 is 10.9. The number of nitrogens with zero attached hydrogens (tertiary/aromatic N) is 2. The molecule has 8 heteroatoms. The molecule has 4 aromatic rings. The predicted molar refractivity (Wildman–Crippen MR) is 125 cm³/mol. The molecule has 6 rings (SSSR count). The third kappa shape index (κ3) is 3.43. The van der Waals surface area contributed by atoms with E-state index in [4.69, 9.17) is 32.7 Å². The molecule has 6 nitrogen and oxygen atoms in total. The molecule has 0 fully saturated rings. The van der Waals surface area contributed by atoms with Crippen LogP contribution < -0.4 is 9.47 Å². The maximum atomic E-state index is 13.5. The Bertz CT molecular complexity index is 1380. The van der Waals surface area contributed by atoms with Crippen molar-refractivity contribution in [2.45, 2.75) is 12.6 Å². The van der Waals surface area contributed by atoms with Crippen molar-refractivity contribution in [1.29, 1.82) is 0 Å². The molecular formula is C25H17Cl2N3O3. The van der Waals surface area contributed by atoms with Crippen LogP contribution in [0.25, 0.3) is 11.3 Å². The summed E-state index contributed by atoms with van der Waals surface area (Å²) in [7, 11) is 0. The number of carbonyl (C=O) groups excluding carboxylic acids is 1. The molecule has 164 valence electrons. The lowest BCUT2D eigenvalue weighted by molar-refractivity contribution is 0.0730. The summed E-state index contributed by atoms with van der Waals surface area (Å²) in [4.78, 5) is 15.4. The molecule has 3 heterocycles. The second-order valence-corrected chi connectivity index (χ2v) is 8.82. The molecule has 0 saturated heterocycles. The lowest BCUT2D eigenvalue weighted by Gasteiger charge is -2.26. The van der Waals surface area contributed by atoms with Crippen LogP contribution in [0.5, 0.6) is 11.5 Å². The summed E-state index contributed by atoms with van der Waals surface area (Å²) in [5, 5.41) is 8.70. The molecular weight excluding hydrogens is 461 g/mol. The van der Waals surface area contributed by atoms with E-state index in [9.17, 15) is 4.79 Å². The van der Waals surface area contributed by atoms with Gasteiger partial charge in [0.15, 0.2) is 11.5 Å². The minimum atomic E-state index is -0.360. The second kappa shape index (κ2) is 7.83. The number of carbonyl (C=O) groups is 1. The summed E-state index contributed by atoms with van der Waals surface area (Å²) in [5.41, 5.74) is 4.74. The zero-order chi connectivity index (χ0) is 22.5. The fourth-order valence-corrected chi connectivity index (χ4v) is 4.77. The normalized spacial score (nSPS) is 16.4. The van der Waals surface area contributed by atoms with Crippen molar-refractivity contribution < 1.29 is 14.3 Å². The van der Waals surface area contributed by atoms with Crippen molar-refractivity contribution >= 4 is 29.1 Å². The molecule has 1 amide bonds. The maximum absolute atomic E-state index is 13.5. The molecule has 0 aliphatic carbocycles. The van der Waals surface area contributed by atoms with Crippen molar-refractivity contribution in [2.24, 2.45) is 0 Å². The molecule has 1 atom stereocenters. The van der Waals surface area contributed by atoms with Gasteiger partial charge in [0.1, 0.15) is 5.69 Å². The molecule has 0 bridgehead atoms. The summed E-state index contributed by atoms with van der Waals surface area (Å²) >= 11 is 12.4. The fraction of sp³-hybridized carbons (Fsp3) is 0.120. The van der Waals surface area contributed by atoms with Crippen molar-refractivity contribution in [1.82, 2.24) is 15.1 Å². The number of benzene rings is 3. The van der Waals surface area contributed by atoms with Gasteiger partial charge in [0.05, 0.1) is 11.7 Å². The highest BCUT2D eigenvalue weighted by Crippen LogP contribution is 2.44. The zero-order valence-electron chi connectivity index (χ0n) is 17.2. The molecule has 1 N–H and O–H groups in total. The third-order valence-corrected chi connectivity index (χ3v) is 6.42. The molecule has 3 aromatic carbocycles. The number of aromatic nitrogens is 2. The van der Waals surface area contributed by atoms with Gasteiger partial charge in [-0.1, -0.05) is 53.5 Å². The fourth-order valence-electron chi connectivity index (χ4n) is 4.45. The molecule has 0 saturated carbocycles. The quantitative estimate of drug-likeness (QED) is 0.399. The average molecular weight is 478 g/mol. The molecule has 0 radical (unpaired) electrons. The summed E-state index contributed by atoms with van der Waals surface area (Å²) in [6.45, 7) is 0.586. The lowest BCUT2D eigenvalue weighted by atomic mass is 9.96. The molecule has 2 aliphatic rings. The van der Waals surface area contributed by atoms with Gasteiger partial charge in [-0.2, -0.15) is 5.10 Å². The van der Waals surface area contributed by atoms with Gasteiger partial charge in [0, 0.05) is 27.7 Å². The zero-order valence-corrected chi connectivity index (χ0v) is 18.7. The van der Waals surface area contributed by atoms with E-state index in [-0.39, 0.29) is 18.7 Å². The van der Waals surface area contributed by atoms with Crippen molar-refractivity contribution in [2.75, 3.05) is 6.79 Å². The minimum absolute atomic E-state index is 0.125. The number of fused-ring (bicyclic) bond motifs is 2. The van der Waals surface area contributed by atoms with Crippen LogP contribution in [0, 0.1) is 0 Å². The first-order valence-corrected chi connectivity index (χ1v) is 11.1. The Morgan fingerprint density at radius 3 is 2.61 bits per heavy atom. The van der Waals surface area contributed by atoms with Crippen LogP contribution >= 0.6 is 23.2 Å². The van der Waals surface area contributed by atoms with Crippen LogP contribution in [0.3, 0.4) is 0 Å². The number of rotatable bonds is 4. The monoisotopic (exact) mass is 477 g/mol. The van der Waals surface area contributed by atoms with E-state index >= 15 is 0 Å². The molecule has 33 heavy (non-hydrogen) atoms. The van der Waals surface area contributed by atoms with Gasteiger partial charge in [-0.25, -0.2) is 0 Å². The first-order valence-electron chi connectivity index (χ1n) is 10.4. The van der Waals surface area contributed by atoms with E-state index in [1.807, 2.05) is 71.6 Å². The van der Waals surface area contributed by atoms with Crippen LogP contribution in [0.1, 0.15) is 33.2 Å². The Balaban J connectivity index is 1.46. The maximum Gasteiger partial charge on any atom is 0.273 e. The van der Waals surface area contributed by atoms with Gasteiger partial charge in [0.2, 0.25) is 6.79 Å². The highest BCUT2D eigenvalue weighted by molar-refractivity contribution is 6.31. The number of H-pyrrole nitrogens is 1. The number of hydrogen-bond acceptors (Lipinski definition) is 4. The summed E-state index contributed by atoms with van der Waals surface area (Å²) in [6.07, 6.45) is 0. The van der Waals surface area contributed by atoms with E-state index in [0.717, 1.165) is 22.3 Å². The van der Waals surface area contributed by atoms with Crippen LogP contribution in [0.2, 0.25) is 10.0 Å². The van der Waals surface area contributed by atoms with Crippen LogP contribution in [0.4, 0.5) is 0 Å². The molecule has 1 aromatic heterocycles. The Morgan fingerprint density at radius 1 is 0.970 bits per heavy atom. The number of aromatic amines is 1. The highest BCUT2D eigenvalue weighted by Gasteiger charge is 2.42. The predicted octanol–water partition coefficient (Wildman–Crippen LogP) is 5.86. The third-order valence-electron chi connectivity index (χ3n) is 5.94. The summed E-state index contributed by atoms with van der Waals surface area (Å²) in [6, 6.07) is 20.4. The smallest absolute Gasteiger partial charge is 0.273 e. The number of hydrogen-bond donors (Lipinski definition) is 1. The van der Waals surface area contributed by atoms with E-state index < -0.39 is 0 Å². The molecule has 0 spiro atoms. The average Bonchev–Trinajstić information content (AvgIpc) is 3.51.